The maximum atomic E-state index is 13.8. The van der Waals surface area contributed by atoms with Crippen molar-refractivity contribution in [3.8, 4) is 11.5 Å². The number of oxazole rings is 1. The lowest BCUT2D eigenvalue weighted by atomic mass is 10.1. The van der Waals surface area contributed by atoms with Crippen molar-refractivity contribution >= 4 is 23.2 Å². The summed E-state index contributed by atoms with van der Waals surface area (Å²) < 4.78 is 57.2. The van der Waals surface area contributed by atoms with Crippen LogP contribution in [0.3, 0.4) is 0 Å². The topological polar surface area (TPSA) is 117 Å². The van der Waals surface area contributed by atoms with Gasteiger partial charge in [0.1, 0.15) is 16.9 Å². The van der Waals surface area contributed by atoms with Crippen molar-refractivity contribution in [2.24, 2.45) is 0 Å². The van der Waals surface area contributed by atoms with Gasteiger partial charge in [-0.1, -0.05) is 6.92 Å². The summed E-state index contributed by atoms with van der Waals surface area (Å²) in [6, 6.07) is 2.96. The molecule has 0 radical (unpaired) electrons. The van der Waals surface area contributed by atoms with Crippen molar-refractivity contribution in [2.45, 2.75) is 44.5 Å². The molecule has 0 aliphatic carbocycles. The number of aliphatic hydroxyl groups excluding tert-OH is 1. The quantitative estimate of drug-likeness (QED) is 0.355. The monoisotopic (exact) mass is 514 g/mol. The minimum absolute atomic E-state index is 0.00702. The Morgan fingerprint density at radius 2 is 2.00 bits per heavy atom. The number of hydrogen-bond donors (Lipinski definition) is 3. The SMILES string of the molecule is CCc1cc(F)cc(-c2ncc(C(=O)NCC(=O)NC(CCC(F)(F)F)C(O)c3nccs3)o2)c1. The lowest BCUT2D eigenvalue weighted by molar-refractivity contribution is -0.139. The highest BCUT2D eigenvalue weighted by Gasteiger charge is 2.32. The van der Waals surface area contributed by atoms with Gasteiger partial charge in [-0.15, -0.1) is 11.3 Å². The van der Waals surface area contributed by atoms with E-state index in [0.29, 0.717) is 17.5 Å². The summed E-state index contributed by atoms with van der Waals surface area (Å²) in [6.07, 6.45) is -4.68. The molecule has 3 N–H and O–H groups in total. The first-order chi connectivity index (χ1) is 16.6. The molecule has 2 heterocycles. The summed E-state index contributed by atoms with van der Waals surface area (Å²) in [5, 5.41) is 16.6. The van der Waals surface area contributed by atoms with Gasteiger partial charge in [-0.25, -0.2) is 14.4 Å². The number of rotatable bonds is 10. The second-order valence-corrected chi connectivity index (χ2v) is 8.48. The molecule has 3 aromatic rings. The number of alkyl halides is 3. The molecule has 0 aliphatic heterocycles. The van der Waals surface area contributed by atoms with Gasteiger partial charge in [0.2, 0.25) is 17.6 Å². The zero-order chi connectivity index (χ0) is 25.6. The van der Waals surface area contributed by atoms with Crippen molar-refractivity contribution in [1.29, 1.82) is 0 Å². The molecule has 0 aliphatic rings. The minimum Gasteiger partial charge on any atom is -0.431 e. The molecular weight excluding hydrogens is 492 g/mol. The highest BCUT2D eigenvalue weighted by molar-refractivity contribution is 7.09. The molecule has 0 spiro atoms. The van der Waals surface area contributed by atoms with Crippen LogP contribution in [0.2, 0.25) is 0 Å². The molecule has 13 heteroatoms. The van der Waals surface area contributed by atoms with E-state index in [1.165, 1.54) is 18.3 Å². The van der Waals surface area contributed by atoms with Gasteiger partial charge < -0.3 is 20.2 Å². The zero-order valence-corrected chi connectivity index (χ0v) is 19.3. The molecule has 3 rings (SSSR count). The third kappa shape index (κ3) is 7.59. The number of amides is 2. The van der Waals surface area contributed by atoms with E-state index < -0.39 is 55.3 Å². The first-order valence-corrected chi connectivity index (χ1v) is 11.4. The standard InChI is InChI=1S/C22H22F4N4O4S/c1-2-12-7-13(9-14(23)8-12)20-29-10-16(34-20)19(33)28-11-17(31)30-15(3-4-22(24,25)26)18(32)21-27-5-6-35-21/h5-10,15,18,32H,2-4,11H2,1H3,(H,28,33)(H,30,31). The highest BCUT2D eigenvalue weighted by atomic mass is 32.1. The van der Waals surface area contributed by atoms with E-state index in [4.69, 9.17) is 4.42 Å². The number of carbonyl (C=O) groups is 2. The molecule has 1 aromatic carbocycles. The molecule has 0 saturated heterocycles. The molecule has 2 unspecified atom stereocenters. The maximum Gasteiger partial charge on any atom is 0.389 e. The Labute approximate surface area is 201 Å². The molecule has 2 atom stereocenters. The largest absolute Gasteiger partial charge is 0.431 e. The van der Waals surface area contributed by atoms with Crippen LogP contribution in [-0.4, -0.2) is 45.7 Å². The van der Waals surface area contributed by atoms with Gasteiger partial charge in [-0.05, 0) is 36.6 Å². The number of nitrogens with zero attached hydrogens (tertiary/aromatic N) is 2. The lowest BCUT2D eigenvalue weighted by Crippen LogP contribution is -2.45. The fourth-order valence-electron chi connectivity index (χ4n) is 3.18. The maximum absolute atomic E-state index is 13.8. The summed E-state index contributed by atoms with van der Waals surface area (Å²) in [4.78, 5) is 32.5. The number of hydrogen-bond acceptors (Lipinski definition) is 7. The van der Waals surface area contributed by atoms with Gasteiger partial charge in [0.15, 0.2) is 0 Å². The molecule has 0 bridgehead atoms. The molecule has 188 valence electrons. The van der Waals surface area contributed by atoms with Crippen molar-refractivity contribution in [3.63, 3.8) is 0 Å². The minimum atomic E-state index is -4.48. The Morgan fingerprint density at radius 3 is 2.66 bits per heavy atom. The summed E-state index contributed by atoms with van der Waals surface area (Å²) >= 11 is 1.03. The van der Waals surface area contributed by atoms with Gasteiger partial charge >= 0.3 is 6.18 Å². The number of nitrogens with one attached hydrogen (secondary N) is 2. The van der Waals surface area contributed by atoms with Crippen LogP contribution in [0.1, 0.15) is 47.0 Å². The Kier molecular flexibility index (Phi) is 8.57. The van der Waals surface area contributed by atoms with Crippen LogP contribution in [0.25, 0.3) is 11.5 Å². The third-order valence-corrected chi connectivity index (χ3v) is 5.77. The van der Waals surface area contributed by atoms with Crippen LogP contribution in [0.15, 0.2) is 40.4 Å². The summed E-state index contributed by atoms with van der Waals surface area (Å²) in [5.74, 6) is -2.35. The number of thiazole rings is 1. The third-order valence-electron chi connectivity index (χ3n) is 4.92. The second-order valence-electron chi connectivity index (χ2n) is 7.56. The van der Waals surface area contributed by atoms with E-state index >= 15 is 0 Å². The number of carbonyl (C=O) groups excluding carboxylic acids is 2. The average Bonchev–Trinajstić information content (AvgIpc) is 3.51. The van der Waals surface area contributed by atoms with Crippen LogP contribution in [0.4, 0.5) is 17.6 Å². The normalized spacial score (nSPS) is 13.3. The molecule has 2 amide bonds. The van der Waals surface area contributed by atoms with Crippen LogP contribution < -0.4 is 10.6 Å². The van der Waals surface area contributed by atoms with Crippen molar-refractivity contribution < 1.29 is 36.7 Å². The molecular formula is C22H22F4N4O4S. The van der Waals surface area contributed by atoms with E-state index in [1.54, 1.807) is 11.4 Å². The smallest absolute Gasteiger partial charge is 0.389 e. The molecule has 35 heavy (non-hydrogen) atoms. The van der Waals surface area contributed by atoms with Gasteiger partial charge in [-0.2, -0.15) is 13.2 Å². The average molecular weight is 515 g/mol. The number of aliphatic hydroxyl groups is 1. The summed E-state index contributed by atoms with van der Waals surface area (Å²) in [7, 11) is 0. The van der Waals surface area contributed by atoms with E-state index in [0.717, 1.165) is 17.5 Å². The van der Waals surface area contributed by atoms with Crippen LogP contribution in [0.5, 0.6) is 0 Å². The van der Waals surface area contributed by atoms with Crippen LogP contribution in [0, 0.1) is 5.82 Å². The Hall–Kier alpha value is -3.32. The predicted octanol–water partition coefficient (Wildman–Crippen LogP) is 3.79. The Bertz CT molecular complexity index is 1150. The highest BCUT2D eigenvalue weighted by Crippen LogP contribution is 2.27. The van der Waals surface area contributed by atoms with E-state index in [2.05, 4.69) is 20.6 Å². The number of benzene rings is 1. The number of halogens is 4. The van der Waals surface area contributed by atoms with Crippen molar-refractivity contribution in [2.75, 3.05) is 6.54 Å². The Balaban J connectivity index is 1.60. The summed E-state index contributed by atoms with van der Waals surface area (Å²) in [6.45, 7) is 1.25. The second kappa shape index (κ2) is 11.4. The molecule has 0 fully saturated rings. The molecule has 0 saturated carbocycles. The van der Waals surface area contributed by atoms with E-state index in [1.807, 2.05) is 6.92 Å². The van der Waals surface area contributed by atoms with E-state index in [-0.39, 0.29) is 16.7 Å². The fourth-order valence-corrected chi connectivity index (χ4v) is 3.86. The van der Waals surface area contributed by atoms with E-state index in [9.17, 15) is 32.3 Å². The zero-order valence-electron chi connectivity index (χ0n) is 18.4. The first-order valence-electron chi connectivity index (χ1n) is 10.5. The first kappa shape index (κ1) is 26.3. The Morgan fingerprint density at radius 1 is 1.23 bits per heavy atom. The van der Waals surface area contributed by atoms with Gasteiger partial charge in [0.25, 0.3) is 5.91 Å². The number of aromatic nitrogens is 2. The van der Waals surface area contributed by atoms with Gasteiger partial charge in [-0.3, -0.25) is 9.59 Å². The van der Waals surface area contributed by atoms with Gasteiger partial charge in [0, 0.05) is 23.6 Å². The van der Waals surface area contributed by atoms with Crippen molar-refractivity contribution in [1.82, 2.24) is 20.6 Å². The lowest BCUT2D eigenvalue weighted by Gasteiger charge is -2.23. The van der Waals surface area contributed by atoms with Crippen LogP contribution >= 0.6 is 11.3 Å². The van der Waals surface area contributed by atoms with Gasteiger partial charge in [0.05, 0.1) is 18.8 Å². The predicted molar refractivity (Wildman–Crippen MR) is 118 cm³/mol. The fraction of sp³-hybridized carbons (Fsp3) is 0.364. The summed E-state index contributed by atoms with van der Waals surface area (Å²) in [5.41, 5.74) is 1.04. The molecule has 2 aromatic heterocycles. The molecule has 8 nitrogen and oxygen atoms in total. The van der Waals surface area contributed by atoms with Crippen molar-refractivity contribution in [3.05, 3.63) is 58.1 Å². The number of aryl methyl sites for hydroxylation is 1. The van der Waals surface area contributed by atoms with Crippen LogP contribution in [-0.2, 0) is 11.2 Å².